The molecule has 25 heavy (non-hydrogen) atoms. The van der Waals surface area contributed by atoms with E-state index in [-0.39, 0.29) is 11.7 Å². The van der Waals surface area contributed by atoms with E-state index in [1.54, 1.807) is 18.2 Å². The number of benzene rings is 2. The predicted molar refractivity (Wildman–Crippen MR) is 99.6 cm³/mol. The second kappa shape index (κ2) is 8.37. The number of hydrogen-bond acceptors (Lipinski definition) is 4. The Morgan fingerprint density at radius 3 is 2.20 bits per heavy atom. The molecule has 3 rings (SSSR count). The van der Waals surface area contributed by atoms with Crippen molar-refractivity contribution < 1.29 is 9.59 Å². The van der Waals surface area contributed by atoms with E-state index >= 15 is 0 Å². The minimum absolute atomic E-state index is 0.165. The van der Waals surface area contributed by atoms with Crippen LogP contribution >= 0.6 is 11.3 Å². The first kappa shape index (κ1) is 17.1. The van der Waals surface area contributed by atoms with E-state index in [0.717, 1.165) is 5.56 Å². The van der Waals surface area contributed by atoms with Gasteiger partial charge in [-0.15, -0.1) is 11.3 Å². The summed E-state index contributed by atoms with van der Waals surface area (Å²) in [6.45, 7) is 0.481. The summed E-state index contributed by atoms with van der Waals surface area (Å²) in [6, 6.07) is 22.3. The number of hydrogen-bond donors (Lipinski definition) is 2. The third-order valence-electron chi connectivity index (χ3n) is 3.69. The topological polar surface area (TPSA) is 58.2 Å². The average Bonchev–Trinajstić information content (AvgIpc) is 3.21. The van der Waals surface area contributed by atoms with Crippen LogP contribution in [0.1, 0.15) is 25.6 Å². The molecule has 0 aliphatic heterocycles. The zero-order valence-electron chi connectivity index (χ0n) is 13.5. The molecule has 1 aromatic heterocycles. The molecule has 2 aromatic carbocycles. The summed E-state index contributed by atoms with van der Waals surface area (Å²) < 4.78 is 0. The summed E-state index contributed by atoms with van der Waals surface area (Å²) in [5, 5.41) is 7.78. The van der Waals surface area contributed by atoms with Crippen LogP contribution in [0.4, 0.5) is 0 Å². The van der Waals surface area contributed by atoms with Gasteiger partial charge in [-0.1, -0.05) is 66.7 Å². The van der Waals surface area contributed by atoms with Crippen molar-refractivity contribution in [1.82, 2.24) is 10.6 Å². The number of ketones is 1. The summed E-state index contributed by atoms with van der Waals surface area (Å²) in [4.78, 5) is 25.7. The van der Waals surface area contributed by atoms with Gasteiger partial charge in [-0.2, -0.15) is 0 Å². The minimum Gasteiger partial charge on any atom is -0.329 e. The molecule has 3 aromatic rings. The minimum atomic E-state index is -0.794. The summed E-state index contributed by atoms with van der Waals surface area (Å²) in [7, 11) is 0. The van der Waals surface area contributed by atoms with Gasteiger partial charge in [0.25, 0.3) is 5.91 Å². The van der Waals surface area contributed by atoms with Crippen molar-refractivity contribution in [3.63, 3.8) is 0 Å². The van der Waals surface area contributed by atoms with Gasteiger partial charge in [-0.05, 0) is 17.0 Å². The predicted octanol–water partition coefficient (Wildman–Crippen LogP) is 3.48. The number of amides is 1. The van der Waals surface area contributed by atoms with Crippen molar-refractivity contribution >= 4 is 23.0 Å². The van der Waals surface area contributed by atoms with Crippen LogP contribution in [0.15, 0.2) is 78.2 Å². The molecule has 2 N–H and O–H groups in total. The van der Waals surface area contributed by atoms with Gasteiger partial charge in [0.1, 0.15) is 6.17 Å². The number of rotatable bonds is 7. The molecule has 1 heterocycles. The highest BCUT2D eigenvalue weighted by Crippen LogP contribution is 2.10. The Balaban J connectivity index is 1.75. The molecule has 1 amide bonds. The van der Waals surface area contributed by atoms with Crippen molar-refractivity contribution in [2.75, 3.05) is 0 Å². The molecule has 0 radical (unpaired) electrons. The van der Waals surface area contributed by atoms with Crippen LogP contribution in [0.2, 0.25) is 0 Å². The van der Waals surface area contributed by atoms with E-state index in [1.165, 1.54) is 11.3 Å². The monoisotopic (exact) mass is 350 g/mol. The molecule has 4 nitrogen and oxygen atoms in total. The quantitative estimate of drug-likeness (QED) is 0.507. The van der Waals surface area contributed by atoms with Crippen molar-refractivity contribution in [3.8, 4) is 0 Å². The lowest BCUT2D eigenvalue weighted by Crippen LogP contribution is -2.50. The molecule has 0 bridgehead atoms. The molecular weight excluding hydrogens is 332 g/mol. The van der Waals surface area contributed by atoms with Gasteiger partial charge >= 0.3 is 0 Å². The molecule has 0 aliphatic rings. The first-order chi connectivity index (χ1) is 12.2. The molecule has 0 saturated carbocycles. The van der Waals surface area contributed by atoms with Gasteiger partial charge in [0.05, 0.1) is 4.88 Å². The lowest BCUT2D eigenvalue weighted by Gasteiger charge is -2.19. The summed E-state index contributed by atoms with van der Waals surface area (Å²) >= 11 is 1.34. The molecular formula is C20H18N2O2S. The van der Waals surface area contributed by atoms with Gasteiger partial charge in [-0.25, -0.2) is 0 Å². The lowest BCUT2D eigenvalue weighted by atomic mass is 10.1. The average molecular weight is 350 g/mol. The maximum absolute atomic E-state index is 12.8. The third kappa shape index (κ3) is 4.62. The standard InChI is InChI=1S/C20H18N2O2S/c23-18(16-10-5-2-6-11-16)19(21-14-15-8-3-1-4-9-15)22-20(24)17-12-7-13-25-17/h1-13,19,21H,14H2,(H,22,24)/t19-/m1/s1. The number of Topliss-reactive ketones (excluding diaryl/α,β-unsaturated/α-hetero) is 1. The van der Waals surface area contributed by atoms with Crippen LogP contribution < -0.4 is 10.6 Å². The normalized spacial score (nSPS) is 11.7. The number of nitrogens with one attached hydrogen (secondary N) is 2. The lowest BCUT2D eigenvalue weighted by molar-refractivity contribution is 0.0839. The molecule has 0 spiro atoms. The van der Waals surface area contributed by atoms with Crippen LogP contribution in [0.25, 0.3) is 0 Å². The van der Waals surface area contributed by atoms with E-state index < -0.39 is 6.17 Å². The first-order valence-corrected chi connectivity index (χ1v) is 8.83. The van der Waals surface area contributed by atoms with E-state index in [9.17, 15) is 9.59 Å². The second-order valence-corrected chi connectivity index (χ2v) is 6.43. The second-order valence-electron chi connectivity index (χ2n) is 5.48. The summed E-state index contributed by atoms with van der Waals surface area (Å²) in [5.41, 5.74) is 1.60. The smallest absolute Gasteiger partial charge is 0.262 e. The molecule has 0 unspecified atom stereocenters. The maximum atomic E-state index is 12.8. The molecule has 0 saturated heterocycles. The Labute approximate surface area is 150 Å². The van der Waals surface area contributed by atoms with Crippen LogP contribution in [0.3, 0.4) is 0 Å². The third-order valence-corrected chi connectivity index (χ3v) is 4.56. The SMILES string of the molecule is O=C(N[C@@H](NCc1ccccc1)C(=O)c1ccccc1)c1cccs1. The number of carbonyl (C=O) groups excluding carboxylic acids is 2. The number of carbonyl (C=O) groups is 2. The largest absolute Gasteiger partial charge is 0.329 e. The van der Waals surface area contributed by atoms with Gasteiger partial charge in [0.2, 0.25) is 0 Å². The van der Waals surface area contributed by atoms with Gasteiger partial charge < -0.3 is 5.32 Å². The Kier molecular flexibility index (Phi) is 5.72. The van der Waals surface area contributed by atoms with Crippen molar-refractivity contribution in [3.05, 3.63) is 94.2 Å². The fourth-order valence-corrected chi connectivity index (χ4v) is 3.03. The zero-order chi connectivity index (χ0) is 17.5. The highest BCUT2D eigenvalue weighted by molar-refractivity contribution is 7.12. The van der Waals surface area contributed by atoms with Crippen LogP contribution in [0, 0.1) is 0 Å². The Morgan fingerprint density at radius 1 is 0.880 bits per heavy atom. The molecule has 126 valence electrons. The van der Waals surface area contributed by atoms with Crippen LogP contribution in [0.5, 0.6) is 0 Å². The van der Waals surface area contributed by atoms with Gasteiger partial charge in [0, 0.05) is 12.1 Å². The van der Waals surface area contributed by atoms with Crippen molar-refractivity contribution in [2.45, 2.75) is 12.7 Å². The van der Waals surface area contributed by atoms with Gasteiger partial charge in [-0.3, -0.25) is 14.9 Å². The van der Waals surface area contributed by atoms with Crippen LogP contribution in [-0.4, -0.2) is 17.9 Å². The molecule has 0 aliphatic carbocycles. The highest BCUT2D eigenvalue weighted by Gasteiger charge is 2.22. The van der Waals surface area contributed by atoms with Crippen molar-refractivity contribution in [1.29, 1.82) is 0 Å². The maximum Gasteiger partial charge on any atom is 0.262 e. The summed E-state index contributed by atoms with van der Waals surface area (Å²) in [6.07, 6.45) is -0.794. The van der Waals surface area contributed by atoms with Gasteiger partial charge in [0.15, 0.2) is 5.78 Å². The molecule has 5 heteroatoms. The Bertz CT molecular complexity index is 817. The van der Waals surface area contributed by atoms with E-state index in [4.69, 9.17) is 0 Å². The molecule has 1 atom stereocenters. The van der Waals surface area contributed by atoms with E-state index in [2.05, 4.69) is 10.6 Å². The summed E-state index contributed by atoms with van der Waals surface area (Å²) in [5.74, 6) is -0.425. The fourth-order valence-electron chi connectivity index (χ4n) is 2.40. The molecule has 0 fully saturated rings. The van der Waals surface area contributed by atoms with E-state index in [1.807, 2.05) is 60.0 Å². The van der Waals surface area contributed by atoms with E-state index in [0.29, 0.717) is 17.0 Å². The number of thiophene rings is 1. The van der Waals surface area contributed by atoms with Crippen LogP contribution in [-0.2, 0) is 6.54 Å². The Hall–Kier alpha value is -2.76. The first-order valence-electron chi connectivity index (χ1n) is 7.95. The zero-order valence-corrected chi connectivity index (χ0v) is 14.3. The highest BCUT2D eigenvalue weighted by atomic mass is 32.1. The Morgan fingerprint density at radius 2 is 1.56 bits per heavy atom. The fraction of sp³-hybridized carbons (Fsp3) is 0.100. The van der Waals surface area contributed by atoms with Crippen molar-refractivity contribution in [2.24, 2.45) is 0 Å².